The Morgan fingerprint density at radius 1 is 0.968 bits per heavy atom. The van der Waals surface area contributed by atoms with Crippen molar-refractivity contribution in [2.45, 2.75) is 101 Å². The van der Waals surface area contributed by atoms with Crippen molar-refractivity contribution < 1.29 is 48.3 Å². The summed E-state index contributed by atoms with van der Waals surface area (Å²) in [4.78, 5) is 63.0. The third kappa shape index (κ3) is 5.98. The maximum Gasteiger partial charge on any atom is 0.344 e. The number of aliphatic hydroxyl groups is 2. The minimum Gasteiger partial charge on any atom is -0.468 e. The smallest absolute Gasteiger partial charge is 0.344 e. The first-order chi connectivity index (χ1) is 29.6. The topological polar surface area (TPSA) is 155 Å². The van der Waals surface area contributed by atoms with Crippen LogP contribution >= 0.6 is 45.2 Å². The van der Waals surface area contributed by atoms with Gasteiger partial charge in [0.25, 0.3) is 0 Å². The first-order valence-corrected chi connectivity index (χ1v) is 24.1. The van der Waals surface area contributed by atoms with Crippen molar-refractivity contribution >= 4 is 75.1 Å². The molecular formula is C47H57I2N3O10. The molecule has 12 atom stereocenters. The van der Waals surface area contributed by atoms with Gasteiger partial charge in [0.1, 0.15) is 0 Å². The highest BCUT2D eigenvalue weighted by Crippen LogP contribution is 2.71. The van der Waals surface area contributed by atoms with E-state index in [0.29, 0.717) is 83.2 Å². The Labute approximate surface area is 390 Å². The number of esters is 3. The lowest BCUT2D eigenvalue weighted by atomic mass is 9.47. The van der Waals surface area contributed by atoms with E-state index in [1.807, 2.05) is 32.1 Å². The van der Waals surface area contributed by atoms with E-state index < -0.39 is 69.6 Å². The van der Waals surface area contributed by atoms with Crippen molar-refractivity contribution in [3.8, 4) is 0 Å². The molecule has 4 fully saturated rings. The number of carbonyl (C=O) groups excluding carboxylic acids is 4. The summed E-state index contributed by atoms with van der Waals surface area (Å²) in [6.07, 6.45) is 10.0. The van der Waals surface area contributed by atoms with Gasteiger partial charge < -0.3 is 34.1 Å². The molecule has 334 valence electrons. The van der Waals surface area contributed by atoms with Gasteiger partial charge in [-0.25, -0.2) is 4.79 Å². The number of piperidine rings is 1. The summed E-state index contributed by atoms with van der Waals surface area (Å²) in [5, 5.41) is 25.4. The number of methoxy groups -OCH3 is 3. The summed E-state index contributed by atoms with van der Waals surface area (Å²) in [6, 6.07) is 2.79. The molecule has 9 rings (SSSR count). The minimum atomic E-state index is -2.51. The first kappa shape index (κ1) is 44.5. The molecule has 3 unspecified atom stereocenters. The monoisotopic (exact) mass is 1080 g/mol. The quantitative estimate of drug-likeness (QED) is 0.121. The summed E-state index contributed by atoms with van der Waals surface area (Å²) in [5.74, 6) is -2.83. The second-order valence-corrected chi connectivity index (χ2v) is 21.3. The van der Waals surface area contributed by atoms with Gasteiger partial charge in [0, 0.05) is 75.8 Å². The van der Waals surface area contributed by atoms with Crippen LogP contribution in [-0.2, 0) is 44.5 Å². The Kier molecular flexibility index (Phi) is 11.3. The highest BCUT2D eigenvalue weighted by atomic mass is 127. The van der Waals surface area contributed by atoms with Crippen molar-refractivity contribution in [3.05, 3.63) is 71.5 Å². The highest BCUT2D eigenvalue weighted by molar-refractivity contribution is 14.1. The van der Waals surface area contributed by atoms with Crippen LogP contribution in [0.5, 0.6) is 0 Å². The molecule has 2 bridgehead atoms. The molecule has 1 spiro atoms. The lowest BCUT2D eigenvalue weighted by molar-refractivity contribution is -0.242. The van der Waals surface area contributed by atoms with E-state index in [1.165, 1.54) is 26.0 Å². The molecule has 5 aliphatic heterocycles. The summed E-state index contributed by atoms with van der Waals surface area (Å²) in [6.45, 7) is 8.39. The molecule has 2 N–H and O–H groups in total. The molecule has 15 heteroatoms. The molecular weight excluding hydrogens is 1020 g/mol. The third-order valence-electron chi connectivity index (χ3n) is 16.4. The average Bonchev–Trinajstić information content (AvgIpc) is 3.92. The van der Waals surface area contributed by atoms with Gasteiger partial charge in [0.05, 0.1) is 37.4 Å². The Morgan fingerprint density at radius 2 is 1.71 bits per heavy atom. The molecule has 1 saturated carbocycles. The van der Waals surface area contributed by atoms with Crippen LogP contribution in [0.2, 0.25) is 0 Å². The van der Waals surface area contributed by atoms with Crippen molar-refractivity contribution in [2.24, 2.45) is 28.1 Å². The molecule has 0 radical (unpaired) electrons. The molecule has 5 heterocycles. The van der Waals surface area contributed by atoms with E-state index >= 15 is 4.79 Å². The van der Waals surface area contributed by atoms with Gasteiger partial charge in [-0.2, -0.15) is 0 Å². The van der Waals surface area contributed by atoms with Crippen LogP contribution in [0.4, 0.5) is 0 Å². The number of halogens is 2. The van der Waals surface area contributed by atoms with E-state index in [9.17, 15) is 24.6 Å². The zero-order valence-corrected chi connectivity index (χ0v) is 40.6. The largest absolute Gasteiger partial charge is 0.468 e. The second-order valence-electron chi connectivity index (χ2n) is 19.0. The lowest BCUT2D eigenvalue weighted by Crippen LogP contribution is -2.80. The standard InChI is InChI=1S/C47H57I2N3O10/c1-7-43(57)21-27-22-46(41(55)60-5,31-16-28-17-34(48)35(49)18-30(28)29(31)10-14-50(23-27)24-43)33-19-32-36(20-37(33)59-4)52(25-53)39-45(32)12-15-51-13-9-11-44(8-2,38(45)51)40(62-26(3)54)47(39,58)42(56)61-6/h9,11,17-20,25,27,33,37-40,57-58H,7-8,10,12-16,21-24H2,1-6H3/t27-,33?,37?,38+,39-,40-,43+,44-,45-,46-,47+/m1/s1. The minimum absolute atomic E-state index is 0.0901. The van der Waals surface area contributed by atoms with Crippen LogP contribution < -0.4 is 0 Å². The van der Waals surface area contributed by atoms with Crippen molar-refractivity contribution in [1.29, 1.82) is 0 Å². The Morgan fingerprint density at radius 3 is 2.37 bits per heavy atom. The predicted molar refractivity (Wildman–Crippen MR) is 245 cm³/mol. The molecule has 13 nitrogen and oxygen atoms in total. The number of allylic oxidation sites excluding steroid dienone is 1. The third-order valence-corrected chi connectivity index (χ3v) is 19.2. The second kappa shape index (κ2) is 15.7. The fraction of sp³-hybridized carbons (Fsp3) is 0.617. The summed E-state index contributed by atoms with van der Waals surface area (Å²) in [5.41, 5.74) is -1.30. The van der Waals surface area contributed by atoms with E-state index in [4.69, 9.17) is 18.9 Å². The van der Waals surface area contributed by atoms with E-state index in [1.54, 1.807) is 7.11 Å². The zero-order chi connectivity index (χ0) is 44.3. The van der Waals surface area contributed by atoms with Crippen LogP contribution in [0, 0.1) is 35.2 Å². The number of nitrogens with zero attached hydrogens (tertiary/aromatic N) is 3. The zero-order valence-electron chi connectivity index (χ0n) is 36.2. The molecule has 1 aromatic rings. The SMILES string of the molecule is CC[C@]1(O)C[C@H]2CN(CCC3=C(Cc4cc(I)c(I)cc43)[C@@](C(=O)OC)(C3C=C4C(=CC3OC)N(C=O)[C@H]3[C@@](O)(C(=O)OC)[C@H](OC(C)=O)[C@]5(CC)C=CCN6CC[C@]43[C@@H]65)C2)C1. The first-order valence-electron chi connectivity index (χ1n) is 21.9. The van der Waals surface area contributed by atoms with Gasteiger partial charge in [-0.1, -0.05) is 32.1 Å². The van der Waals surface area contributed by atoms with Crippen molar-refractivity contribution in [2.75, 3.05) is 54.1 Å². The number of likely N-dealkylation sites (tertiary alicyclic amines) is 1. The van der Waals surface area contributed by atoms with Gasteiger partial charge in [0.15, 0.2) is 6.10 Å². The number of hydrogen-bond acceptors (Lipinski definition) is 12. The van der Waals surface area contributed by atoms with Crippen LogP contribution in [0.1, 0.15) is 70.4 Å². The summed E-state index contributed by atoms with van der Waals surface area (Å²) >= 11 is 4.76. The molecule has 0 aromatic heterocycles. The normalized spacial score (nSPS) is 40.4. The number of hydrogen-bond donors (Lipinski definition) is 2. The molecule has 1 aromatic carbocycles. The molecule has 3 saturated heterocycles. The Hall–Kier alpha value is -2.68. The van der Waals surface area contributed by atoms with Crippen LogP contribution in [-0.4, -0.2) is 139 Å². The lowest BCUT2D eigenvalue weighted by Gasteiger charge is -2.63. The Balaban J connectivity index is 1.34. The van der Waals surface area contributed by atoms with E-state index in [2.05, 4.69) is 73.2 Å². The van der Waals surface area contributed by atoms with Crippen LogP contribution in [0.25, 0.3) is 5.57 Å². The van der Waals surface area contributed by atoms with Crippen molar-refractivity contribution in [1.82, 2.24) is 14.7 Å². The number of carbonyl (C=O) groups is 4. The van der Waals surface area contributed by atoms with Gasteiger partial charge in [-0.05, 0) is 149 Å². The average molecular weight is 1080 g/mol. The van der Waals surface area contributed by atoms with E-state index in [0.717, 1.165) is 41.5 Å². The number of benzene rings is 1. The van der Waals surface area contributed by atoms with E-state index in [-0.39, 0.29) is 11.9 Å². The maximum atomic E-state index is 15.5. The van der Waals surface area contributed by atoms with Crippen LogP contribution in [0.3, 0.4) is 0 Å². The van der Waals surface area contributed by atoms with Crippen molar-refractivity contribution in [3.63, 3.8) is 0 Å². The number of rotatable bonds is 8. The fourth-order valence-corrected chi connectivity index (χ4v) is 15.2. The number of amides is 1. The molecule has 3 aliphatic carbocycles. The van der Waals surface area contributed by atoms with Gasteiger partial charge >= 0.3 is 17.9 Å². The van der Waals surface area contributed by atoms with Gasteiger partial charge in [-0.15, -0.1) is 0 Å². The Bertz CT molecular complexity index is 2240. The summed E-state index contributed by atoms with van der Waals surface area (Å²) < 4.78 is 26.3. The van der Waals surface area contributed by atoms with Gasteiger partial charge in [-0.3, -0.25) is 24.2 Å². The summed E-state index contributed by atoms with van der Waals surface area (Å²) in [7, 11) is 4.25. The predicted octanol–water partition coefficient (Wildman–Crippen LogP) is 4.79. The van der Waals surface area contributed by atoms with Gasteiger partial charge in [0.2, 0.25) is 12.0 Å². The highest BCUT2D eigenvalue weighted by Gasteiger charge is 2.82. The number of ether oxygens (including phenoxy) is 4. The number of fused-ring (bicyclic) bond motifs is 5. The molecule has 8 aliphatic rings. The molecule has 62 heavy (non-hydrogen) atoms. The maximum absolute atomic E-state index is 15.5. The molecule has 1 amide bonds. The fourth-order valence-electron chi connectivity index (χ4n) is 14.2. The van der Waals surface area contributed by atoms with Crippen LogP contribution in [0.15, 0.2) is 53.3 Å².